The first-order chi connectivity index (χ1) is 10.6. The van der Waals surface area contributed by atoms with Crippen LogP contribution in [-0.4, -0.2) is 11.2 Å². The highest BCUT2D eigenvalue weighted by molar-refractivity contribution is 6.30. The van der Waals surface area contributed by atoms with Crippen LogP contribution in [-0.2, 0) is 0 Å². The summed E-state index contributed by atoms with van der Waals surface area (Å²) in [6.45, 7) is 1.86. The van der Waals surface area contributed by atoms with Crippen LogP contribution in [0.3, 0.4) is 0 Å². The molecule has 0 amide bonds. The molecule has 0 saturated carbocycles. The van der Waals surface area contributed by atoms with Crippen molar-refractivity contribution in [1.82, 2.24) is 4.98 Å². The predicted molar refractivity (Wildman–Crippen MR) is 89.1 cm³/mol. The van der Waals surface area contributed by atoms with E-state index in [1.807, 2.05) is 31.2 Å². The van der Waals surface area contributed by atoms with E-state index in [0.29, 0.717) is 10.5 Å². The second kappa shape index (κ2) is 6.12. The lowest BCUT2D eigenvalue weighted by Gasteiger charge is -2.07. The number of hydrogen-bond donors (Lipinski definition) is 1. The van der Waals surface area contributed by atoms with Crippen LogP contribution in [0.15, 0.2) is 53.6 Å². The van der Waals surface area contributed by atoms with E-state index in [1.165, 1.54) is 12.1 Å². The number of hydrazone groups is 1. The van der Waals surface area contributed by atoms with Crippen molar-refractivity contribution in [2.24, 2.45) is 5.10 Å². The first kappa shape index (κ1) is 14.5. The van der Waals surface area contributed by atoms with Gasteiger partial charge in [0, 0.05) is 22.2 Å². The second-order valence-corrected chi connectivity index (χ2v) is 5.33. The minimum Gasteiger partial charge on any atom is -0.278 e. The summed E-state index contributed by atoms with van der Waals surface area (Å²) in [6, 6.07) is 13.8. The molecular weight excluding hydrogens is 301 g/mol. The monoisotopic (exact) mass is 313 g/mol. The van der Waals surface area contributed by atoms with Gasteiger partial charge in [0.25, 0.3) is 0 Å². The molecule has 0 radical (unpaired) electrons. The molecule has 0 aliphatic heterocycles. The molecule has 0 spiro atoms. The zero-order valence-corrected chi connectivity index (χ0v) is 12.6. The molecule has 0 aliphatic rings. The third-order valence-electron chi connectivity index (χ3n) is 3.15. The summed E-state index contributed by atoms with van der Waals surface area (Å²) in [4.78, 5) is 4.33. The molecule has 2 aromatic carbocycles. The molecule has 0 atom stereocenters. The average molecular weight is 314 g/mol. The van der Waals surface area contributed by atoms with Gasteiger partial charge in [-0.1, -0.05) is 23.7 Å². The Balaban J connectivity index is 1.90. The summed E-state index contributed by atoms with van der Waals surface area (Å²) < 4.78 is 13.3. The zero-order valence-electron chi connectivity index (χ0n) is 11.8. The van der Waals surface area contributed by atoms with E-state index >= 15 is 0 Å². The summed E-state index contributed by atoms with van der Waals surface area (Å²) in [5.74, 6) is -0.307. The molecule has 5 heteroatoms. The lowest BCUT2D eigenvalue weighted by molar-refractivity contribution is 0.629. The fourth-order valence-corrected chi connectivity index (χ4v) is 2.39. The van der Waals surface area contributed by atoms with Gasteiger partial charge in [0.15, 0.2) is 0 Å². The van der Waals surface area contributed by atoms with Crippen molar-refractivity contribution < 1.29 is 4.39 Å². The number of anilines is 1. The Bertz CT molecular complexity index is 856. The van der Waals surface area contributed by atoms with Crippen molar-refractivity contribution >= 4 is 34.4 Å². The maximum Gasteiger partial charge on any atom is 0.125 e. The Labute approximate surface area is 132 Å². The SMILES string of the molecule is Cc1cc(NN=Cc2cccc(Cl)c2)c2ccc(F)cc2n1. The van der Waals surface area contributed by atoms with E-state index in [4.69, 9.17) is 11.6 Å². The van der Waals surface area contributed by atoms with Crippen molar-refractivity contribution in [2.75, 3.05) is 5.43 Å². The molecule has 1 N–H and O–H groups in total. The van der Waals surface area contributed by atoms with Gasteiger partial charge in [0.2, 0.25) is 0 Å². The van der Waals surface area contributed by atoms with Crippen LogP contribution in [0, 0.1) is 12.7 Å². The van der Waals surface area contributed by atoms with Crippen LogP contribution >= 0.6 is 11.6 Å². The number of aromatic nitrogens is 1. The Kier molecular flexibility index (Phi) is 4.02. The van der Waals surface area contributed by atoms with Gasteiger partial charge in [-0.3, -0.25) is 10.4 Å². The number of halogens is 2. The van der Waals surface area contributed by atoms with E-state index in [1.54, 1.807) is 18.3 Å². The zero-order chi connectivity index (χ0) is 15.5. The maximum atomic E-state index is 13.3. The number of nitrogens with zero attached hydrogens (tertiary/aromatic N) is 2. The molecule has 22 heavy (non-hydrogen) atoms. The Morgan fingerprint density at radius 2 is 2.05 bits per heavy atom. The molecule has 0 saturated heterocycles. The number of pyridine rings is 1. The number of hydrogen-bond acceptors (Lipinski definition) is 3. The van der Waals surface area contributed by atoms with E-state index in [9.17, 15) is 4.39 Å². The van der Waals surface area contributed by atoms with Gasteiger partial charge < -0.3 is 0 Å². The Morgan fingerprint density at radius 1 is 1.18 bits per heavy atom. The third kappa shape index (κ3) is 3.23. The van der Waals surface area contributed by atoms with Crippen molar-refractivity contribution in [3.63, 3.8) is 0 Å². The van der Waals surface area contributed by atoms with Crippen LogP contribution in [0.5, 0.6) is 0 Å². The molecule has 0 bridgehead atoms. The highest BCUT2D eigenvalue weighted by Gasteiger charge is 2.04. The molecule has 110 valence electrons. The predicted octanol–water partition coefficient (Wildman–Crippen LogP) is 4.78. The standard InChI is InChI=1S/C17H13ClFN3/c1-11-7-17(15-6-5-14(19)9-16(15)21-11)22-20-10-12-3-2-4-13(18)8-12/h2-10H,1H3,(H,21,22). The van der Waals surface area contributed by atoms with Gasteiger partial charge in [0.05, 0.1) is 17.4 Å². The number of nitrogens with one attached hydrogen (secondary N) is 1. The Hall–Kier alpha value is -2.46. The van der Waals surface area contributed by atoms with Crippen LogP contribution in [0.25, 0.3) is 10.9 Å². The number of benzene rings is 2. The largest absolute Gasteiger partial charge is 0.278 e. The van der Waals surface area contributed by atoms with E-state index in [2.05, 4.69) is 15.5 Å². The highest BCUT2D eigenvalue weighted by Crippen LogP contribution is 2.23. The normalized spacial score (nSPS) is 11.2. The molecule has 0 unspecified atom stereocenters. The van der Waals surface area contributed by atoms with Gasteiger partial charge in [-0.05, 0) is 42.8 Å². The first-order valence-electron chi connectivity index (χ1n) is 6.73. The van der Waals surface area contributed by atoms with Crippen molar-refractivity contribution in [3.8, 4) is 0 Å². The first-order valence-corrected chi connectivity index (χ1v) is 7.11. The van der Waals surface area contributed by atoms with E-state index in [-0.39, 0.29) is 5.82 Å². The van der Waals surface area contributed by atoms with Crippen molar-refractivity contribution in [3.05, 3.63) is 70.6 Å². The molecular formula is C17H13ClFN3. The lowest BCUT2D eigenvalue weighted by atomic mass is 10.1. The molecule has 1 heterocycles. The smallest absolute Gasteiger partial charge is 0.125 e. The van der Waals surface area contributed by atoms with Gasteiger partial charge in [-0.15, -0.1) is 0 Å². The van der Waals surface area contributed by atoms with E-state index in [0.717, 1.165) is 22.3 Å². The van der Waals surface area contributed by atoms with E-state index < -0.39 is 0 Å². The summed E-state index contributed by atoms with van der Waals surface area (Å²) >= 11 is 5.93. The average Bonchev–Trinajstić information content (AvgIpc) is 2.46. The lowest BCUT2D eigenvalue weighted by Crippen LogP contribution is -1.95. The van der Waals surface area contributed by atoms with Gasteiger partial charge >= 0.3 is 0 Å². The maximum absolute atomic E-state index is 13.3. The second-order valence-electron chi connectivity index (χ2n) is 4.90. The Morgan fingerprint density at radius 3 is 2.86 bits per heavy atom. The van der Waals surface area contributed by atoms with Crippen molar-refractivity contribution in [2.45, 2.75) is 6.92 Å². The van der Waals surface area contributed by atoms with Crippen LogP contribution < -0.4 is 5.43 Å². The fourth-order valence-electron chi connectivity index (χ4n) is 2.19. The third-order valence-corrected chi connectivity index (χ3v) is 3.38. The fraction of sp³-hybridized carbons (Fsp3) is 0.0588. The number of rotatable bonds is 3. The quantitative estimate of drug-likeness (QED) is 0.558. The van der Waals surface area contributed by atoms with Gasteiger partial charge in [-0.25, -0.2) is 4.39 Å². The number of fused-ring (bicyclic) bond motifs is 1. The molecule has 1 aromatic heterocycles. The summed E-state index contributed by atoms with van der Waals surface area (Å²) in [7, 11) is 0. The molecule has 3 aromatic rings. The van der Waals surface area contributed by atoms with Crippen LogP contribution in [0.4, 0.5) is 10.1 Å². The summed E-state index contributed by atoms with van der Waals surface area (Å²) in [6.07, 6.45) is 1.68. The molecule has 3 rings (SSSR count). The van der Waals surface area contributed by atoms with Crippen molar-refractivity contribution in [1.29, 1.82) is 0 Å². The number of aryl methyl sites for hydroxylation is 1. The molecule has 3 nitrogen and oxygen atoms in total. The molecule has 0 fully saturated rings. The van der Waals surface area contributed by atoms with Crippen LogP contribution in [0.1, 0.15) is 11.3 Å². The minimum atomic E-state index is -0.307. The highest BCUT2D eigenvalue weighted by atomic mass is 35.5. The van der Waals surface area contributed by atoms with Crippen LogP contribution in [0.2, 0.25) is 5.02 Å². The topological polar surface area (TPSA) is 37.3 Å². The molecule has 0 aliphatic carbocycles. The van der Waals surface area contributed by atoms with Gasteiger partial charge in [0.1, 0.15) is 5.82 Å². The van der Waals surface area contributed by atoms with Gasteiger partial charge in [-0.2, -0.15) is 5.10 Å². The minimum absolute atomic E-state index is 0.307. The summed E-state index contributed by atoms with van der Waals surface area (Å²) in [5.41, 5.74) is 6.04. The summed E-state index contributed by atoms with van der Waals surface area (Å²) in [5, 5.41) is 5.68.